The van der Waals surface area contributed by atoms with E-state index >= 15 is 0 Å². The van der Waals surface area contributed by atoms with Gasteiger partial charge >= 0.3 is 0 Å². The van der Waals surface area contributed by atoms with Crippen molar-refractivity contribution in [1.29, 1.82) is 0 Å². The first-order chi connectivity index (χ1) is 11.6. The average molecular weight is 345 g/mol. The van der Waals surface area contributed by atoms with Gasteiger partial charge < -0.3 is 5.32 Å². The monoisotopic (exact) mass is 345 g/mol. The maximum absolute atomic E-state index is 12.3. The number of likely N-dealkylation sites (N-methyl/N-ethyl adjacent to an activating group) is 1. The van der Waals surface area contributed by atoms with Crippen LogP contribution in [-0.4, -0.2) is 54.0 Å². The van der Waals surface area contributed by atoms with Crippen LogP contribution in [0.25, 0.3) is 0 Å². The molecule has 1 amide bonds. The summed E-state index contributed by atoms with van der Waals surface area (Å²) in [5.41, 5.74) is 1.16. The summed E-state index contributed by atoms with van der Waals surface area (Å²) in [6.07, 6.45) is 4.70. The van der Waals surface area contributed by atoms with Gasteiger partial charge in [-0.3, -0.25) is 14.6 Å². The zero-order valence-electron chi connectivity index (χ0n) is 14.1. The lowest BCUT2D eigenvalue weighted by Gasteiger charge is -2.20. The van der Waals surface area contributed by atoms with Gasteiger partial charge in [0.2, 0.25) is 5.91 Å². The molecule has 1 unspecified atom stereocenters. The lowest BCUT2D eigenvalue weighted by atomic mass is 10.1. The number of carbonyl (C=O) groups excluding carboxylic acids is 1. The smallest absolute Gasteiger partial charge is 0.242 e. The molecule has 0 spiro atoms. The number of hydrogen-bond acceptors (Lipinski definition) is 6. The lowest BCUT2D eigenvalue weighted by molar-refractivity contribution is -0.119. The number of likely N-dealkylation sites (tertiary alicyclic amines) is 1. The van der Waals surface area contributed by atoms with Crippen LogP contribution in [0.3, 0.4) is 0 Å². The number of amides is 1. The number of nitrogens with one attached hydrogen (secondary N) is 1. The molecular formula is C17H23N5OS. The van der Waals surface area contributed by atoms with E-state index in [2.05, 4.69) is 26.3 Å². The standard InChI is InChI=1S/C17H23N5OS/c1-13-3-4-15(19-9-13)20-10-14-5-7-22(11-14)12-16(23)21(2)17-18-6-8-24-17/h3-4,6,8-9,14H,5,7,10-12H2,1-2H3,(H,19,20). The van der Waals surface area contributed by atoms with Crippen LogP contribution >= 0.6 is 11.3 Å². The summed E-state index contributed by atoms with van der Waals surface area (Å²) in [5.74, 6) is 1.56. The van der Waals surface area contributed by atoms with Gasteiger partial charge in [-0.05, 0) is 37.4 Å². The van der Waals surface area contributed by atoms with Crippen LogP contribution < -0.4 is 10.2 Å². The van der Waals surface area contributed by atoms with Crippen LogP contribution in [0, 0.1) is 12.8 Å². The SMILES string of the molecule is Cc1ccc(NCC2CCN(CC(=O)N(C)c3nccs3)C2)nc1. The fourth-order valence-corrected chi connectivity index (χ4v) is 3.46. The van der Waals surface area contributed by atoms with E-state index in [0.717, 1.165) is 42.6 Å². The van der Waals surface area contributed by atoms with E-state index in [4.69, 9.17) is 0 Å². The van der Waals surface area contributed by atoms with Gasteiger partial charge in [-0.1, -0.05) is 6.07 Å². The van der Waals surface area contributed by atoms with Crippen molar-refractivity contribution in [3.8, 4) is 0 Å². The molecule has 0 bridgehead atoms. The van der Waals surface area contributed by atoms with Gasteiger partial charge in [-0.25, -0.2) is 9.97 Å². The number of rotatable bonds is 6. The molecule has 2 aromatic rings. The minimum atomic E-state index is 0.0961. The minimum Gasteiger partial charge on any atom is -0.370 e. The highest BCUT2D eigenvalue weighted by molar-refractivity contribution is 7.13. The van der Waals surface area contributed by atoms with Gasteiger partial charge in [0.1, 0.15) is 5.82 Å². The molecular weight excluding hydrogens is 322 g/mol. The second-order valence-corrected chi connectivity index (χ2v) is 7.13. The maximum atomic E-state index is 12.3. The van der Waals surface area contributed by atoms with Crippen LogP contribution in [0.15, 0.2) is 29.9 Å². The van der Waals surface area contributed by atoms with Gasteiger partial charge in [0.05, 0.1) is 6.54 Å². The molecule has 3 heterocycles. The fraction of sp³-hybridized carbons (Fsp3) is 0.471. The van der Waals surface area contributed by atoms with E-state index in [-0.39, 0.29) is 5.91 Å². The van der Waals surface area contributed by atoms with Crippen LogP contribution in [0.5, 0.6) is 0 Å². The number of aryl methyl sites for hydroxylation is 1. The Kier molecular flexibility index (Phi) is 5.42. The second kappa shape index (κ2) is 7.72. The third kappa shape index (κ3) is 4.30. The number of carbonyl (C=O) groups is 1. The van der Waals surface area contributed by atoms with Crippen molar-refractivity contribution in [2.24, 2.45) is 5.92 Å². The van der Waals surface area contributed by atoms with E-state index < -0.39 is 0 Å². The van der Waals surface area contributed by atoms with Gasteiger partial charge in [-0.2, -0.15) is 0 Å². The summed E-state index contributed by atoms with van der Waals surface area (Å²) in [5, 5.41) is 6.03. The van der Waals surface area contributed by atoms with Crippen molar-refractivity contribution in [2.75, 3.05) is 43.4 Å². The van der Waals surface area contributed by atoms with E-state index in [0.29, 0.717) is 12.5 Å². The third-order valence-electron chi connectivity index (χ3n) is 4.29. The highest BCUT2D eigenvalue weighted by Gasteiger charge is 2.25. The average Bonchev–Trinajstić information content (AvgIpc) is 3.25. The van der Waals surface area contributed by atoms with Crippen LogP contribution in [0.2, 0.25) is 0 Å². The molecule has 1 atom stereocenters. The molecule has 2 aromatic heterocycles. The Balaban J connectivity index is 1.43. The van der Waals surface area contributed by atoms with Crippen molar-refractivity contribution in [3.05, 3.63) is 35.5 Å². The Morgan fingerprint density at radius 3 is 3.04 bits per heavy atom. The molecule has 1 N–H and O–H groups in total. The van der Waals surface area contributed by atoms with Crippen molar-refractivity contribution in [1.82, 2.24) is 14.9 Å². The molecule has 3 rings (SSSR count). The van der Waals surface area contributed by atoms with Crippen molar-refractivity contribution >= 4 is 28.2 Å². The van der Waals surface area contributed by atoms with Gasteiger partial charge in [-0.15, -0.1) is 11.3 Å². The van der Waals surface area contributed by atoms with Crippen LogP contribution in [0.1, 0.15) is 12.0 Å². The molecule has 0 aliphatic carbocycles. The Labute approximate surface area is 146 Å². The number of hydrogen-bond donors (Lipinski definition) is 1. The zero-order valence-corrected chi connectivity index (χ0v) is 14.9. The van der Waals surface area contributed by atoms with Crippen LogP contribution in [-0.2, 0) is 4.79 Å². The first kappa shape index (κ1) is 16.9. The summed E-state index contributed by atoms with van der Waals surface area (Å²) in [6, 6.07) is 4.07. The molecule has 1 fully saturated rings. The zero-order chi connectivity index (χ0) is 16.9. The molecule has 1 aliphatic rings. The van der Waals surface area contributed by atoms with E-state index in [1.54, 1.807) is 18.1 Å². The predicted molar refractivity (Wildman–Crippen MR) is 97.5 cm³/mol. The van der Waals surface area contributed by atoms with Crippen molar-refractivity contribution < 1.29 is 4.79 Å². The Morgan fingerprint density at radius 2 is 2.33 bits per heavy atom. The topological polar surface area (TPSA) is 61.4 Å². The highest BCUT2D eigenvalue weighted by Crippen LogP contribution is 2.19. The van der Waals surface area contributed by atoms with Gasteiger partial charge in [0.15, 0.2) is 5.13 Å². The molecule has 0 aromatic carbocycles. The Bertz CT molecular complexity index is 658. The first-order valence-corrected chi connectivity index (χ1v) is 9.04. The highest BCUT2D eigenvalue weighted by atomic mass is 32.1. The Hall–Kier alpha value is -1.99. The lowest BCUT2D eigenvalue weighted by Crippen LogP contribution is -2.37. The number of thiazole rings is 1. The molecule has 1 saturated heterocycles. The molecule has 1 aliphatic heterocycles. The summed E-state index contributed by atoms with van der Waals surface area (Å²) >= 11 is 1.48. The quantitative estimate of drug-likeness (QED) is 0.870. The molecule has 24 heavy (non-hydrogen) atoms. The predicted octanol–water partition coefficient (Wildman–Crippen LogP) is 2.24. The second-order valence-electron chi connectivity index (χ2n) is 6.26. The number of pyridine rings is 1. The van der Waals surface area contributed by atoms with E-state index in [1.165, 1.54) is 11.3 Å². The summed E-state index contributed by atoms with van der Waals surface area (Å²) in [6.45, 7) is 5.28. The molecule has 6 nitrogen and oxygen atoms in total. The molecule has 7 heteroatoms. The van der Waals surface area contributed by atoms with Gasteiger partial charge in [0, 0.05) is 37.9 Å². The largest absolute Gasteiger partial charge is 0.370 e. The fourth-order valence-electron chi connectivity index (χ4n) is 2.83. The van der Waals surface area contributed by atoms with Crippen molar-refractivity contribution in [2.45, 2.75) is 13.3 Å². The van der Waals surface area contributed by atoms with Crippen LogP contribution in [0.4, 0.5) is 10.9 Å². The number of aromatic nitrogens is 2. The molecule has 128 valence electrons. The summed E-state index contributed by atoms with van der Waals surface area (Å²) in [7, 11) is 1.79. The summed E-state index contributed by atoms with van der Waals surface area (Å²) < 4.78 is 0. The number of nitrogens with zero attached hydrogens (tertiary/aromatic N) is 4. The van der Waals surface area contributed by atoms with E-state index in [9.17, 15) is 4.79 Å². The maximum Gasteiger partial charge on any atom is 0.242 e. The molecule has 0 saturated carbocycles. The third-order valence-corrected chi connectivity index (χ3v) is 5.14. The first-order valence-electron chi connectivity index (χ1n) is 8.17. The Morgan fingerprint density at radius 1 is 1.46 bits per heavy atom. The van der Waals surface area contributed by atoms with Crippen molar-refractivity contribution in [3.63, 3.8) is 0 Å². The number of anilines is 2. The molecule has 0 radical (unpaired) electrons. The van der Waals surface area contributed by atoms with E-state index in [1.807, 2.05) is 24.6 Å². The summed E-state index contributed by atoms with van der Waals surface area (Å²) in [4.78, 5) is 24.8. The minimum absolute atomic E-state index is 0.0961. The van der Waals surface area contributed by atoms with Gasteiger partial charge in [0.25, 0.3) is 0 Å². The normalized spacial score (nSPS) is 17.8.